The Morgan fingerprint density at radius 3 is 2.44 bits per heavy atom. The van der Waals surface area contributed by atoms with Crippen LogP contribution in [0.2, 0.25) is 0 Å². The van der Waals surface area contributed by atoms with Gasteiger partial charge in [0.2, 0.25) is 0 Å². The standard InChI is InChI=1S/C25H39NO7.Na/c1-15(2)7-8-18-24(5,33-18)20-19(30-6)17(9-10-25(20)14-31-25)32-22(29)26-12-16(13-26)11-23(3,4)21(27)28;/h7,16-20H,8-14H2,1-6H3,(H,27,28);/q;+1/p-1/t17-,18-,19-,20-,24+,25+;/m1./s1. The number of hydrogen-bond donors (Lipinski definition) is 0. The Morgan fingerprint density at radius 2 is 1.91 bits per heavy atom. The number of nitrogens with zero attached hydrogens (tertiary/aromatic N) is 1. The van der Waals surface area contributed by atoms with Crippen molar-refractivity contribution in [2.45, 2.75) is 89.8 Å². The maximum absolute atomic E-state index is 12.8. The Labute approximate surface area is 225 Å². The summed E-state index contributed by atoms with van der Waals surface area (Å²) in [5.74, 6) is -0.930. The molecule has 3 aliphatic heterocycles. The van der Waals surface area contributed by atoms with E-state index in [1.165, 1.54) is 5.57 Å². The summed E-state index contributed by atoms with van der Waals surface area (Å²) in [6.45, 7) is 11.3. The molecule has 1 aliphatic carbocycles. The van der Waals surface area contributed by atoms with Crippen molar-refractivity contribution in [2.24, 2.45) is 17.3 Å². The first-order valence-electron chi connectivity index (χ1n) is 12.1. The number of hydrogen-bond acceptors (Lipinski definition) is 7. The summed E-state index contributed by atoms with van der Waals surface area (Å²) in [6.07, 6.45) is 4.09. The van der Waals surface area contributed by atoms with Crippen molar-refractivity contribution in [1.82, 2.24) is 4.90 Å². The molecular formula is C25H38NNaO7. The first-order chi connectivity index (χ1) is 15.4. The van der Waals surface area contributed by atoms with Crippen LogP contribution >= 0.6 is 0 Å². The van der Waals surface area contributed by atoms with Gasteiger partial charge in [0.25, 0.3) is 0 Å². The van der Waals surface area contributed by atoms with E-state index in [2.05, 4.69) is 26.8 Å². The number of carbonyl (C=O) groups is 2. The number of amides is 1. The molecule has 6 atom stereocenters. The molecule has 3 saturated heterocycles. The Balaban J connectivity index is 0.00000324. The van der Waals surface area contributed by atoms with Crippen molar-refractivity contribution in [3.05, 3.63) is 11.6 Å². The summed E-state index contributed by atoms with van der Waals surface area (Å²) in [5.41, 5.74) is -0.262. The van der Waals surface area contributed by atoms with Gasteiger partial charge in [0.05, 0.1) is 18.6 Å². The summed E-state index contributed by atoms with van der Waals surface area (Å²) >= 11 is 0. The van der Waals surface area contributed by atoms with Gasteiger partial charge < -0.3 is 33.7 Å². The Kier molecular flexibility index (Phi) is 8.23. The summed E-state index contributed by atoms with van der Waals surface area (Å²) in [7, 11) is 1.67. The minimum absolute atomic E-state index is 0. The second-order valence-electron chi connectivity index (χ2n) is 11.4. The van der Waals surface area contributed by atoms with Gasteiger partial charge in [-0.3, -0.25) is 0 Å². The van der Waals surface area contributed by atoms with Gasteiger partial charge in [0.15, 0.2) is 0 Å². The molecule has 0 unspecified atom stereocenters. The fraction of sp³-hybridized carbons (Fsp3) is 0.840. The summed E-state index contributed by atoms with van der Waals surface area (Å²) < 4.78 is 24.0. The van der Waals surface area contributed by atoms with E-state index >= 15 is 0 Å². The topological polar surface area (TPSA) is 104 Å². The number of carbonyl (C=O) groups excluding carboxylic acids is 2. The van der Waals surface area contributed by atoms with E-state index in [0.29, 0.717) is 32.5 Å². The predicted molar refractivity (Wildman–Crippen MR) is 118 cm³/mol. The molecule has 0 aromatic heterocycles. The van der Waals surface area contributed by atoms with Gasteiger partial charge in [-0.15, -0.1) is 0 Å². The zero-order valence-corrected chi connectivity index (χ0v) is 23.7. The Bertz CT molecular complexity index is 816. The van der Waals surface area contributed by atoms with E-state index < -0.39 is 11.4 Å². The molecule has 0 aromatic carbocycles. The molecule has 1 amide bonds. The number of carboxylic acids is 1. The van der Waals surface area contributed by atoms with Gasteiger partial charge in [0.1, 0.15) is 23.4 Å². The van der Waals surface area contributed by atoms with Crippen molar-refractivity contribution in [2.75, 3.05) is 26.8 Å². The van der Waals surface area contributed by atoms with Crippen LogP contribution < -0.4 is 34.7 Å². The van der Waals surface area contributed by atoms with E-state index in [4.69, 9.17) is 18.9 Å². The third-order valence-corrected chi connectivity index (χ3v) is 8.06. The number of aliphatic carboxylic acids is 1. The van der Waals surface area contributed by atoms with E-state index in [1.54, 1.807) is 25.9 Å². The fourth-order valence-corrected chi connectivity index (χ4v) is 5.93. The van der Waals surface area contributed by atoms with Crippen molar-refractivity contribution in [3.8, 4) is 0 Å². The fourth-order valence-electron chi connectivity index (χ4n) is 5.93. The molecule has 4 fully saturated rings. The number of epoxide rings is 2. The quantitative estimate of drug-likeness (QED) is 0.253. The van der Waals surface area contributed by atoms with Crippen LogP contribution in [0.3, 0.4) is 0 Å². The average Bonchev–Trinajstić information content (AvgIpc) is 3.61. The molecule has 9 heteroatoms. The van der Waals surface area contributed by atoms with Gasteiger partial charge in [-0.2, -0.15) is 0 Å². The molecule has 0 aromatic rings. The van der Waals surface area contributed by atoms with Crippen LogP contribution in [0.25, 0.3) is 0 Å². The molecule has 1 saturated carbocycles. The monoisotopic (exact) mass is 487 g/mol. The number of ether oxygens (including phenoxy) is 4. The third kappa shape index (κ3) is 5.37. The number of rotatable bonds is 8. The molecule has 34 heavy (non-hydrogen) atoms. The van der Waals surface area contributed by atoms with Crippen molar-refractivity contribution in [3.63, 3.8) is 0 Å². The Morgan fingerprint density at radius 1 is 1.26 bits per heavy atom. The zero-order chi connectivity index (χ0) is 24.2. The van der Waals surface area contributed by atoms with Crippen LogP contribution in [0.15, 0.2) is 11.6 Å². The SMILES string of the molecule is CO[C@@H]1[C@H](OC(=O)N2CC(CC(C)(C)C(=O)[O-])C2)CC[C@]2(CO2)[C@H]1[C@@]1(C)O[C@@H]1CC=C(C)C.[Na+]. The minimum Gasteiger partial charge on any atom is -0.550 e. The third-order valence-electron chi connectivity index (χ3n) is 8.06. The van der Waals surface area contributed by atoms with Crippen LogP contribution in [0.5, 0.6) is 0 Å². The first-order valence-corrected chi connectivity index (χ1v) is 12.1. The maximum Gasteiger partial charge on any atom is 1.00 e. The molecule has 1 spiro atoms. The number of carboxylic acid groups (broad SMARTS) is 1. The van der Waals surface area contributed by atoms with Crippen molar-refractivity contribution >= 4 is 12.1 Å². The van der Waals surface area contributed by atoms with Crippen LogP contribution in [-0.2, 0) is 23.7 Å². The van der Waals surface area contributed by atoms with E-state index in [9.17, 15) is 14.7 Å². The minimum atomic E-state index is -1.06. The van der Waals surface area contributed by atoms with Crippen LogP contribution in [-0.4, -0.2) is 73.3 Å². The number of methoxy groups -OCH3 is 1. The molecular weight excluding hydrogens is 449 g/mol. The second-order valence-corrected chi connectivity index (χ2v) is 11.4. The smallest absolute Gasteiger partial charge is 0.550 e. The second kappa shape index (κ2) is 10.0. The van der Waals surface area contributed by atoms with Gasteiger partial charge in [-0.05, 0) is 52.4 Å². The van der Waals surface area contributed by atoms with Gasteiger partial charge >= 0.3 is 35.7 Å². The largest absolute Gasteiger partial charge is 1.00 e. The average molecular weight is 488 g/mol. The normalized spacial score (nSPS) is 36.8. The van der Waals surface area contributed by atoms with Crippen molar-refractivity contribution in [1.29, 1.82) is 0 Å². The molecule has 8 nitrogen and oxygen atoms in total. The van der Waals surface area contributed by atoms with Crippen LogP contribution in [0, 0.1) is 17.3 Å². The molecule has 3 heterocycles. The van der Waals surface area contributed by atoms with Crippen LogP contribution in [0.4, 0.5) is 4.79 Å². The van der Waals surface area contributed by atoms with Crippen LogP contribution in [0.1, 0.15) is 60.3 Å². The molecule has 4 rings (SSSR count). The van der Waals surface area contributed by atoms with E-state index in [-0.39, 0.29) is 77.0 Å². The summed E-state index contributed by atoms with van der Waals surface area (Å²) in [4.78, 5) is 25.7. The molecule has 0 radical (unpaired) electrons. The van der Waals surface area contributed by atoms with Gasteiger partial charge in [0, 0.05) is 31.6 Å². The molecule has 0 N–H and O–H groups in total. The van der Waals surface area contributed by atoms with E-state index in [1.807, 2.05) is 0 Å². The molecule has 4 aliphatic rings. The first kappa shape index (κ1) is 27.9. The molecule has 0 bridgehead atoms. The van der Waals surface area contributed by atoms with Gasteiger partial charge in [-0.1, -0.05) is 25.5 Å². The zero-order valence-electron chi connectivity index (χ0n) is 21.7. The molecule has 186 valence electrons. The number of likely N-dealkylation sites (tertiary alicyclic amines) is 1. The van der Waals surface area contributed by atoms with Crippen molar-refractivity contribution < 1.29 is 63.2 Å². The summed E-state index contributed by atoms with van der Waals surface area (Å²) in [5, 5.41) is 11.3. The summed E-state index contributed by atoms with van der Waals surface area (Å²) in [6, 6.07) is 0. The Hall–Kier alpha value is -0.640. The predicted octanol–water partition coefficient (Wildman–Crippen LogP) is -0.699. The maximum atomic E-state index is 12.8. The number of allylic oxidation sites excluding steroid dienone is 1. The van der Waals surface area contributed by atoms with Gasteiger partial charge in [-0.25, -0.2) is 4.79 Å². The van der Waals surface area contributed by atoms with E-state index in [0.717, 1.165) is 12.8 Å².